The van der Waals surface area contributed by atoms with Gasteiger partial charge in [0.1, 0.15) is 0 Å². The van der Waals surface area contributed by atoms with Crippen LogP contribution in [0.2, 0.25) is 0 Å². The van der Waals surface area contributed by atoms with Gasteiger partial charge >= 0.3 is 6.03 Å². The Morgan fingerprint density at radius 3 is 2.75 bits per heavy atom. The summed E-state index contributed by atoms with van der Waals surface area (Å²) < 4.78 is 0.648. The molecule has 0 radical (unpaired) electrons. The van der Waals surface area contributed by atoms with Crippen LogP contribution >= 0.6 is 23.1 Å². The van der Waals surface area contributed by atoms with E-state index in [2.05, 4.69) is 27.4 Å². The van der Waals surface area contributed by atoms with Gasteiger partial charge in [0, 0.05) is 6.54 Å². The van der Waals surface area contributed by atoms with Gasteiger partial charge in [0.05, 0.1) is 5.25 Å². The van der Waals surface area contributed by atoms with E-state index < -0.39 is 17.2 Å². The maximum absolute atomic E-state index is 11.9. The molecule has 0 aliphatic rings. The first-order valence-electron chi connectivity index (χ1n) is 5.89. The maximum Gasteiger partial charge on any atom is 0.318 e. The zero-order chi connectivity index (χ0) is 15.1. The number of nitrogens with one attached hydrogen (secondary N) is 2. The van der Waals surface area contributed by atoms with Gasteiger partial charge in [0.2, 0.25) is 11.0 Å². The van der Waals surface area contributed by atoms with E-state index in [1.165, 1.54) is 23.1 Å². The molecule has 1 unspecified atom stereocenters. The van der Waals surface area contributed by atoms with Crippen LogP contribution in [0.3, 0.4) is 0 Å². The van der Waals surface area contributed by atoms with Crippen LogP contribution in [-0.4, -0.2) is 33.9 Å². The van der Waals surface area contributed by atoms with Gasteiger partial charge in [-0.15, -0.1) is 16.8 Å². The molecule has 0 saturated heterocycles. The van der Waals surface area contributed by atoms with E-state index in [1.54, 1.807) is 6.08 Å². The molecule has 1 aromatic rings. The van der Waals surface area contributed by atoms with E-state index in [0.717, 1.165) is 0 Å². The second kappa shape index (κ2) is 7.85. The summed E-state index contributed by atoms with van der Waals surface area (Å²) in [5.74, 6) is -0.402. The fraction of sp³-hybridized carbons (Fsp3) is 0.455. The average molecular weight is 315 g/mol. The Labute approximate surface area is 125 Å². The Hall–Kier alpha value is -1.61. The third kappa shape index (κ3) is 5.17. The Morgan fingerprint density at radius 1 is 1.50 bits per heavy atom. The third-order valence-electron chi connectivity index (χ3n) is 2.14. The fourth-order valence-corrected chi connectivity index (χ4v) is 3.25. The number of amides is 3. The number of anilines is 1. The van der Waals surface area contributed by atoms with Gasteiger partial charge in [-0.05, 0) is 5.92 Å². The lowest BCUT2D eigenvalue weighted by Crippen LogP contribution is -2.42. The number of hydrogen-bond donors (Lipinski definition) is 3. The summed E-state index contributed by atoms with van der Waals surface area (Å²) in [4.78, 5) is 22.6. The van der Waals surface area contributed by atoms with Crippen LogP contribution in [-0.2, 0) is 4.79 Å². The SMILES string of the molecule is C=CCNc1nnc(SC(C(=O)NC(N)=O)C(C)C)s1. The van der Waals surface area contributed by atoms with E-state index in [-0.39, 0.29) is 5.92 Å². The van der Waals surface area contributed by atoms with Gasteiger partial charge in [-0.1, -0.05) is 43.0 Å². The summed E-state index contributed by atoms with van der Waals surface area (Å²) >= 11 is 2.60. The number of thioether (sulfide) groups is 1. The number of urea groups is 1. The number of carbonyl (C=O) groups is 2. The number of primary amides is 1. The Kier molecular flexibility index (Phi) is 6.46. The standard InChI is InChI=1S/C11H17N5O2S2/c1-4-5-13-10-15-16-11(20-10)19-7(6(2)3)8(17)14-9(12)18/h4,6-7H,1,5H2,2-3H3,(H,13,15)(H3,12,14,17,18). The molecule has 3 amide bonds. The molecule has 0 aliphatic heterocycles. The van der Waals surface area contributed by atoms with E-state index in [9.17, 15) is 9.59 Å². The normalized spacial score (nSPS) is 11.9. The molecule has 1 aromatic heterocycles. The van der Waals surface area contributed by atoms with Crippen LogP contribution in [0.1, 0.15) is 13.8 Å². The number of aromatic nitrogens is 2. The predicted molar refractivity (Wildman–Crippen MR) is 80.8 cm³/mol. The van der Waals surface area contributed by atoms with Gasteiger partial charge in [-0.3, -0.25) is 10.1 Å². The second-order valence-electron chi connectivity index (χ2n) is 4.18. The fourth-order valence-electron chi connectivity index (χ4n) is 1.28. The Bertz CT molecular complexity index is 489. The number of nitrogens with two attached hydrogens (primary N) is 1. The Balaban J connectivity index is 2.70. The van der Waals surface area contributed by atoms with Crippen LogP contribution < -0.4 is 16.4 Å². The topological polar surface area (TPSA) is 110 Å². The van der Waals surface area contributed by atoms with Crippen molar-refractivity contribution in [3.05, 3.63) is 12.7 Å². The number of carbonyl (C=O) groups excluding carboxylic acids is 2. The van der Waals surface area contributed by atoms with Gasteiger partial charge in [-0.25, -0.2) is 4.79 Å². The zero-order valence-corrected chi connectivity index (χ0v) is 12.9. The van der Waals surface area contributed by atoms with E-state index >= 15 is 0 Å². The molecule has 1 heterocycles. The zero-order valence-electron chi connectivity index (χ0n) is 11.3. The van der Waals surface area contributed by atoms with E-state index in [0.29, 0.717) is 16.0 Å². The van der Waals surface area contributed by atoms with Crippen LogP contribution in [0.25, 0.3) is 0 Å². The molecule has 0 saturated carbocycles. The molecule has 110 valence electrons. The molecule has 0 bridgehead atoms. The Morgan fingerprint density at radius 2 is 2.20 bits per heavy atom. The summed E-state index contributed by atoms with van der Waals surface area (Å²) in [5.41, 5.74) is 4.96. The highest BCUT2D eigenvalue weighted by atomic mass is 32.2. The lowest BCUT2D eigenvalue weighted by Gasteiger charge is -2.16. The van der Waals surface area contributed by atoms with Crippen molar-refractivity contribution < 1.29 is 9.59 Å². The minimum absolute atomic E-state index is 0.0211. The van der Waals surface area contributed by atoms with Crippen molar-refractivity contribution in [3.8, 4) is 0 Å². The third-order valence-corrected chi connectivity index (χ3v) is 4.65. The van der Waals surface area contributed by atoms with Crippen molar-refractivity contribution in [2.75, 3.05) is 11.9 Å². The molecule has 0 aromatic carbocycles. The number of imide groups is 1. The van der Waals surface area contributed by atoms with Gasteiger partial charge in [0.25, 0.3) is 0 Å². The minimum atomic E-state index is -0.855. The van der Waals surface area contributed by atoms with Crippen LogP contribution in [0.4, 0.5) is 9.93 Å². The molecule has 0 fully saturated rings. The summed E-state index contributed by atoms with van der Waals surface area (Å²) in [5, 5.41) is 13.3. The minimum Gasteiger partial charge on any atom is -0.357 e. The molecule has 4 N–H and O–H groups in total. The average Bonchev–Trinajstić information content (AvgIpc) is 2.79. The molecule has 1 rings (SSSR count). The monoisotopic (exact) mass is 315 g/mol. The largest absolute Gasteiger partial charge is 0.357 e. The molecular formula is C11H17N5O2S2. The molecule has 7 nitrogen and oxygen atoms in total. The molecule has 0 spiro atoms. The lowest BCUT2D eigenvalue weighted by molar-refractivity contribution is -0.120. The highest BCUT2D eigenvalue weighted by Crippen LogP contribution is 2.32. The second-order valence-corrected chi connectivity index (χ2v) is 6.54. The summed E-state index contributed by atoms with van der Waals surface area (Å²) in [6.45, 7) is 7.96. The van der Waals surface area contributed by atoms with Gasteiger partial charge < -0.3 is 11.1 Å². The van der Waals surface area contributed by atoms with Crippen LogP contribution in [0.15, 0.2) is 17.0 Å². The molecule has 0 aliphatic carbocycles. The van der Waals surface area contributed by atoms with Crippen molar-refractivity contribution >= 4 is 40.2 Å². The first-order valence-corrected chi connectivity index (χ1v) is 7.59. The predicted octanol–water partition coefficient (Wildman–Crippen LogP) is 1.45. The van der Waals surface area contributed by atoms with Crippen molar-refractivity contribution in [3.63, 3.8) is 0 Å². The maximum atomic E-state index is 11.9. The molecular weight excluding hydrogens is 298 g/mol. The first-order chi connectivity index (χ1) is 9.43. The smallest absolute Gasteiger partial charge is 0.318 e. The van der Waals surface area contributed by atoms with Crippen molar-refractivity contribution in [2.45, 2.75) is 23.4 Å². The lowest BCUT2D eigenvalue weighted by atomic mass is 10.1. The molecule has 9 heteroatoms. The van der Waals surface area contributed by atoms with E-state index in [1.807, 2.05) is 13.8 Å². The van der Waals surface area contributed by atoms with Gasteiger partial charge in [-0.2, -0.15) is 0 Å². The quantitative estimate of drug-likeness (QED) is 0.519. The molecule has 1 atom stereocenters. The van der Waals surface area contributed by atoms with Crippen LogP contribution in [0, 0.1) is 5.92 Å². The number of rotatable bonds is 7. The number of nitrogens with zero attached hydrogens (tertiary/aromatic N) is 2. The van der Waals surface area contributed by atoms with Crippen molar-refractivity contribution in [2.24, 2.45) is 11.7 Å². The van der Waals surface area contributed by atoms with Crippen LogP contribution in [0.5, 0.6) is 0 Å². The summed E-state index contributed by atoms with van der Waals surface area (Å²) in [6.07, 6.45) is 1.71. The van der Waals surface area contributed by atoms with Gasteiger partial charge in [0.15, 0.2) is 4.34 Å². The highest BCUT2D eigenvalue weighted by Gasteiger charge is 2.26. The summed E-state index contributed by atoms with van der Waals surface area (Å²) in [6, 6.07) is -0.855. The number of hydrogen-bond acceptors (Lipinski definition) is 7. The molecule has 20 heavy (non-hydrogen) atoms. The van der Waals surface area contributed by atoms with Crippen molar-refractivity contribution in [1.82, 2.24) is 15.5 Å². The summed E-state index contributed by atoms with van der Waals surface area (Å²) in [7, 11) is 0. The first kappa shape index (κ1) is 16.4. The highest BCUT2D eigenvalue weighted by molar-refractivity contribution is 8.02. The van der Waals surface area contributed by atoms with Crippen molar-refractivity contribution in [1.29, 1.82) is 0 Å². The van der Waals surface area contributed by atoms with E-state index in [4.69, 9.17) is 5.73 Å².